The highest BCUT2D eigenvalue weighted by molar-refractivity contribution is 5.89. The number of azide groups is 1. The molecule has 1 aromatic rings. The first kappa shape index (κ1) is 31.5. The first-order chi connectivity index (χ1) is 19.1. The normalized spacial score (nSPS) is 33.9. The van der Waals surface area contributed by atoms with Crippen LogP contribution in [0.1, 0.15) is 64.2 Å². The number of Topliss-reactive ketones (excluding diaryl/α,β-unsaturated/α-hetero) is 1. The van der Waals surface area contributed by atoms with Gasteiger partial charge in [-0.05, 0) is 43.9 Å². The van der Waals surface area contributed by atoms with Crippen LogP contribution in [0.3, 0.4) is 0 Å². The van der Waals surface area contributed by atoms with E-state index in [1.165, 1.54) is 14.0 Å². The zero-order valence-electron chi connectivity index (χ0n) is 23.8. The monoisotopic (exact) mass is 561 g/mol. The van der Waals surface area contributed by atoms with Crippen LogP contribution in [0.15, 0.2) is 35.4 Å². The molecule has 0 saturated carbocycles. The van der Waals surface area contributed by atoms with Gasteiger partial charge in [-0.3, -0.25) is 4.79 Å². The molecule has 3 rings (SSSR count). The molecular weight excluding hydrogens is 522 g/mol. The number of carbonyl (C=O) groups is 3. The third-order valence-electron chi connectivity index (χ3n) is 7.44. The second-order valence-corrected chi connectivity index (χ2v) is 10.3. The Morgan fingerprint density at radius 1 is 0.950 bits per heavy atom. The molecule has 0 aliphatic carbocycles. The van der Waals surface area contributed by atoms with Crippen LogP contribution < -0.4 is 0 Å². The minimum absolute atomic E-state index is 0.0593. The van der Waals surface area contributed by atoms with Crippen molar-refractivity contribution < 1.29 is 42.8 Å². The van der Waals surface area contributed by atoms with E-state index in [0.29, 0.717) is 12.0 Å². The maximum absolute atomic E-state index is 13.1. The molecule has 2 fully saturated rings. The van der Waals surface area contributed by atoms with Gasteiger partial charge in [0.05, 0.1) is 36.3 Å². The van der Waals surface area contributed by atoms with E-state index in [2.05, 4.69) is 10.0 Å². The van der Waals surface area contributed by atoms with Gasteiger partial charge in [0.2, 0.25) is 0 Å². The van der Waals surface area contributed by atoms with Crippen LogP contribution in [0.2, 0.25) is 0 Å². The number of hydrogen-bond donors (Lipinski definition) is 0. The molecule has 2 aliphatic heterocycles. The van der Waals surface area contributed by atoms with Gasteiger partial charge in [0.15, 0.2) is 18.7 Å². The van der Waals surface area contributed by atoms with Crippen LogP contribution in [0.5, 0.6) is 0 Å². The molecule has 2 saturated heterocycles. The fourth-order valence-electron chi connectivity index (χ4n) is 5.18. The number of ketones is 1. The molecule has 0 bridgehead atoms. The fourth-order valence-corrected chi connectivity index (χ4v) is 5.18. The molecule has 0 aromatic heterocycles. The van der Waals surface area contributed by atoms with Gasteiger partial charge >= 0.3 is 11.9 Å². The van der Waals surface area contributed by atoms with Gasteiger partial charge in [-0.15, -0.1) is 0 Å². The molecule has 0 amide bonds. The molecule has 0 spiro atoms. The van der Waals surface area contributed by atoms with E-state index in [4.69, 9.17) is 34.0 Å². The number of nitrogens with zero attached hydrogens (tertiary/aromatic N) is 3. The van der Waals surface area contributed by atoms with Crippen LogP contribution in [0, 0.1) is 11.8 Å². The van der Waals surface area contributed by atoms with Gasteiger partial charge in [0, 0.05) is 24.4 Å². The standard InChI is InChI=1S/C28H39N3O9/c1-7-20-24(16(3)22(30-31-29)27(35-6)37-20)40-28-25(39-26(34)19-11-9-8-10-12-19)17(4)23(18(5)36-28)38-21(33)14-13-15(2)32/h8-12,16-18,20,22-25,27-28H,7,13-14H2,1-6H3/t16-,17+,18?,20?,22?,23-,24-,25?,27-,28+/m1/s1. The van der Waals surface area contributed by atoms with E-state index in [-0.39, 0.29) is 24.5 Å². The highest BCUT2D eigenvalue weighted by atomic mass is 16.7. The Labute approximate surface area is 234 Å². The topological polar surface area (TPSA) is 155 Å². The molecule has 0 N–H and O–H groups in total. The molecule has 12 nitrogen and oxygen atoms in total. The Bertz CT molecular complexity index is 1060. The molecule has 10 atom stereocenters. The number of carbonyl (C=O) groups excluding carboxylic acids is 3. The number of benzene rings is 1. The lowest BCUT2D eigenvalue weighted by molar-refractivity contribution is -0.327. The summed E-state index contributed by atoms with van der Waals surface area (Å²) in [5.74, 6) is -2.11. The minimum Gasteiger partial charge on any atom is -0.459 e. The summed E-state index contributed by atoms with van der Waals surface area (Å²) in [5, 5.41) is 3.88. The molecule has 4 unspecified atom stereocenters. The van der Waals surface area contributed by atoms with Crippen molar-refractivity contribution in [2.45, 2.75) is 103 Å². The number of rotatable bonds is 11. The molecule has 1 aromatic carbocycles. The minimum atomic E-state index is -1.04. The van der Waals surface area contributed by atoms with Crippen molar-refractivity contribution >= 4 is 17.7 Å². The van der Waals surface area contributed by atoms with Crippen molar-refractivity contribution in [1.82, 2.24) is 0 Å². The number of methoxy groups -OCH3 is 1. The maximum atomic E-state index is 13.1. The Morgan fingerprint density at radius 2 is 1.65 bits per heavy atom. The van der Waals surface area contributed by atoms with Crippen LogP contribution in [0.4, 0.5) is 0 Å². The van der Waals surface area contributed by atoms with Gasteiger partial charge in [-0.2, -0.15) is 0 Å². The molecule has 220 valence electrons. The lowest BCUT2D eigenvalue weighted by atomic mass is 9.87. The van der Waals surface area contributed by atoms with Crippen molar-refractivity contribution in [2.24, 2.45) is 17.0 Å². The van der Waals surface area contributed by atoms with E-state index >= 15 is 0 Å². The highest BCUT2D eigenvalue weighted by Gasteiger charge is 2.51. The number of hydrogen-bond acceptors (Lipinski definition) is 10. The fraction of sp³-hybridized carbons (Fsp3) is 0.679. The highest BCUT2D eigenvalue weighted by Crippen LogP contribution is 2.37. The zero-order valence-corrected chi connectivity index (χ0v) is 23.8. The zero-order chi connectivity index (χ0) is 29.4. The van der Waals surface area contributed by atoms with E-state index in [1.807, 2.05) is 13.8 Å². The summed E-state index contributed by atoms with van der Waals surface area (Å²) in [4.78, 5) is 39.9. The average molecular weight is 562 g/mol. The van der Waals surface area contributed by atoms with Crippen LogP contribution in [0.25, 0.3) is 10.4 Å². The smallest absolute Gasteiger partial charge is 0.338 e. The van der Waals surface area contributed by atoms with E-state index in [1.54, 1.807) is 44.2 Å². The third kappa shape index (κ3) is 7.58. The second kappa shape index (κ2) is 14.6. The molecule has 12 heteroatoms. The van der Waals surface area contributed by atoms with Gasteiger partial charge in [-0.25, -0.2) is 4.79 Å². The Hall–Kier alpha value is -3.02. The van der Waals surface area contributed by atoms with Crippen molar-refractivity contribution in [3.8, 4) is 0 Å². The van der Waals surface area contributed by atoms with Crippen molar-refractivity contribution in [2.75, 3.05) is 7.11 Å². The Balaban J connectivity index is 1.88. The molecule has 2 heterocycles. The van der Waals surface area contributed by atoms with Crippen molar-refractivity contribution in [3.05, 3.63) is 46.3 Å². The lowest BCUT2D eigenvalue weighted by Gasteiger charge is -2.48. The first-order valence-corrected chi connectivity index (χ1v) is 13.6. The number of ether oxygens (including phenoxy) is 6. The van der Waals surface area contributed by atoms with Gasteiger partial charge in [0.1, 0.15) is 11.9 Å². The van der Waals surface area contributed by atoms with Crippen LogP contribution in [-0.4, -0.2) is 74.0 Å². The Morgan fingerprint density at radius 3 is 2.25 bits per heavy atom. The molecule has 40 heavy (non-hydrogen) atoms. The van der Waals surface area contributed by atoms with Crippen molar-refractivity contribution in [3.63, 3.8) is 0 Å². The summed E-state index contributed by atoms with van der Waals surface area (Å²) in [6.45, 7) is 8.76. The largest absolute Gasteiger partial charge is 0.459 e. The van der Waals surface area contributed by atoms with Crippen LogP contribution >= 0.6 is 0 Å². The summed E-state index contributed by atoms with van der Waals surface area (Å²) in [6.07, 6.45) is -4.56. The van der Waals surface area contributed by atoms with Gasteiger partial charge in [0.25, 0.3) is 0 Å². The van der Waals surface area contributed by atoms with E-state index in [0.717, 1.165) is 0 Å². The summed E-state index contributed by atoms with van der Waals surface area (Å²) in [5.41, 5.74) is 9.47. The lowest BCUT2D eigenvalue weighted by Crippen LogP contribution is -2.60. The summed E-state index contributed by atoms with van der Waals surface area (Å²) >= 11 is 0. The molecular formula is C28H39N3O9. The SMILES string of the molecule is CCC1O[C@@H](OC)C(N=[N+]=[N-])[C@@H](C)[C@H]1O[C@@H]1OC(C)[C@H](OC(=O)CCC(C)=O)[C@H](C)C1OC(=O)c1ccccc1. The van der Waals surface area contributed by atoms with E-state index < -0.39 is 67.0 Å². The summed E-state index contributed by atoms with van der Waals surface area (Å²) < 4.78 is 35.8. The van der Waals surface area contributed by atoms with Gasteiger partial charge < -0.3 is 33.2 Å². The van der Waals surface area contributed by atoms with Crippen LogP contribution in [-0.2, 0) is 38.0 Å². The molecule has 0 radical (unpaired) electrons. The Kier molecular flexibility index (Phi) is 11.5. The summed E-state index contributed by atoms with van der Waals surface area (Å²) in [7, 11) is 1.48. The average Bonchev–Trinajstić information content (AvgIpc) is 2.94. The second-order valence-electron chi connectivity index (χ2n) is 10.3. The number of esters is 2. The maximum Gasteiger partial charge on any atom is 0.338 e. The van der Waals surface area contributed by atoms with Crippen molar-refractivity contribution in [1.29, 1.82) is 0 Å². The predicted octanol–water partition coefficient (Wildman–Crippen LogP) is 4.36. The van der Waals surface area contributed by atoms with Gasteiger partial charge in [-0.1, -0.05) is 44.1 Å². The first-order valence-electron chi connectivity index (χ1n) is 13.6. The predicted molar refractivity (Wildman–Crippen MR) is 142 cm³/mol. The van der Waals surface area contributed by atoms with E-state index in [9.17, 15) is 14.4 Å². The molecule has 2 aliphatic rings. The summed E-state index contributed by atoms with van der Waals surface area (Å²) in [6, 6.07) is 7.84. The quantitative estimate of drug-likeness (QED) is 0.166. The third-order valence-corrected chi connectivity index (χ3v) is 7.44.